The Hall–Kier alpha value is -1.25. The maximum absolute atomic E-state index is 12.1. The summed E-state index contributed by atoms with van der Waals surface area (Å²) < 4.78 is 8.15. The molecule has 1 aromatic heterocycles. The Morgan fingerprint density at radius 3 is 2.59 bits per heavy atom. The molecular weight excluding hydrogens is 428 g/mol. The highest BCUT2D eigenvalue weighted by molar-refractivity contribution is 9.10. The topological polar surface area (TPSA) is 81.2 Å². The standard InChI is InChI=1S/C19H29BrN2O4Si/c1-12(2)19(3,4)27(5,6)26-11-14-8-15(7-13(14)10-23)22-9-16(20)17(24)21-18(22)25/h7,9-10,12,14-15H,8,11H2,1-6H3,(H,21,24,25)/t14-,15+/m0/s1. The van der Waals surface area contributed by atoms with Crippen LogP contribution in [0.3, 0.4) is 0 Å². The molecule has 0 aliphatic heterocycles. The van der Waals surface area contributed by atoms with E-state index in [1.54, 1.807) is 6.08 Å². The summed E-state index contributed by atoms with van der Waals surface area (Å²) in [5, 5.41) is 0.0940. The Morgan fingerprint density at radius 2 is 2.04 bits per heavy atom. The summed E-state index contributed by atoms with van der Waals surface area (Å²) in [6.45, 7) is 13.8. The highest BCUT2D eigenvalue weighted by Gasteiger charge is 2.44. The van der Waals surface area contributed by atoms with E-state index in [9.17, 15) is 14.4 Å². The number of hydrogen-bond acceptors (Lipinski definition) is 4. The largest absolute Gasteiger partial charge is 0.416 e. The summed E-state index contributed by atoms with van der Waals surface area (Å²) in [4.78, 5) is 37.5. The van der Waals surface area contributed by atoms with Gasteiger partial charge in [-0.15, -0.1) is 0 Å². The van der Waals surface area contributed by atoms with Gasteiger partial charge in [0.05, 0.1) is 10.5 Å². The zero-order chi connectivity index (χ0) is 20.6. The van der Waals surface area contributed by atoms with Crippen LogP contribution < -0.4 is 11.2 Å². The number of carbonyl (C=O) groups is 1. The SMILES string of the molecule is CC(C)C(C)(C)[Si](C)(C)OC[C@@H]1C[C@H](n2cc(Br)c(=O)[nH]c2=O)C=C1C=O. The highest BCUT2D eigenvalue weighted by Crippen LogP contribution is 2.45. The van der Waals surface area contributed by atoms with Crippen molar-refractivity contribution in [2.45, 2.75) is 58.3 Å². The lowest BCUT2D eigenvalue weighted by Crippen LogP contribution is -2.46. The van der Waals surface area contributed by atoms with Gasteiger partial charge in [0.15, 0.2) is 8.32 Å². The minimum Gasteiger partial charge on any atom is -0.416 e. The first kappa shape index (κ1) is 22.0. The normalized spacial score (nSPS) is 20.8. The highest BCUT2D eigenvalue weighted by atomic mass is 79.9. The van der Waals surface area contributed by atoms with Crippen LogP contribution in [0.4, 0.5) is 0 Å². The van der Waals surface area contributed by atoms with Gasteiger partial charge in [-0.05, 0) is 52.0 Å². The van der Waals surface area contributed by atoms with E-state index in [0.717, 1.165) is 6.29 Å². The minimum atomic E-state index is -2.00. The molecule has 0 bridgehead atoms. The first-order valence-corrected chi connectivity index (χ1v) is 12.9. The number of carbonyl (C=O) groups excluding carboxylic acids is 1. The van der Waals surface area contributed by atoms with E-state index in [-0.39, 0.29) is 21.5 Å². The molecule has 0 radical (unpaired) electrons. The minimum absolute atomic E-state index is 0.0557. The summed E-state index contributed by atoms with van der Waals surface area (Å²) in [6.07, 6.45) is 4.73. The molecule has 0 unspecified atom stereocenters. The van der Waals surface area contributed by atoms with Crippen molar-refractivity contribution in [3.63, 3.8) is 0 Å². The summed E-state index contributed by atoms with van der Waals surface area (Å²) in [5.74, 6) is 0.438. The fourth-order valence-electron chi connectivity index (χ4n) is 3.24. The van der Waals surface area contributed by atoms with Gasteiger partial charge in [-0.1, -0.05) is 33.8 Å². The molecular formula is C19H29BrN2O4Si. The fraction of sp³-hybridized carbons (Fsp3) is 0.632. The second-order valence-electron chi connectivity index (χ2n) is 8.63. The molecule has 2 atom stereocenters. The number of nitrogens with one attached hydrogen (secondary N) is 1. The van der Waals surface area contributed by atoms with Crippen molar-refractivity contribution >= 4 is 30.5 Å². The second kappa shape index (κ2) is 8.01. The smallest absolute Gasteiger partial charge is 0.328 e. The van der Waals surface area contributed by atoms with Gasteiger partial charge in [-0.3, -0.25) is 19.1 Å². The number of allylic oxidation sites excluding steroid dienone is 1. The molecule has 0 amide bonds. The average molecular weight is 457 g/mol. The molecule has 2 rings (SSSR count). The Morgan fingerprint density at radius 1 is 1.41 bits per heavy atom. The molecule has 0 aromatic carbocycles. The zero-order valence-corrected chi connectivity index (χ0v) is 19.4. The monoisotopic (exact) mass is 456 g/mol. The third kappa shape index (κ3) is 4.43. The van der Waals surface area contributed by atoms with Crippen LogP contribution >= 0.6 is 15.9 Å². The molecule has 1 heterocycles. The van der Waals surface area contributed by atoms with Gasteiger partial charge in [-0.2, -0.15) is 0 Å². The average Bonchev–Trinajstić information content (AvgIpc) is 2.99. The summed E-state index contributed by atoms with van der Waals surface area (Å²) in [7, 11) is -2.00. The van der Waals surface area contributed by atoms with E-state index >= 15 is 0 Å². The first-order chi connectivity index (χ1) is 12.4. The Bertz CT molecular complexity index is 854. The number of aldehydes is 1. The van der Waals surface area contributed by atoms with Gasteiger partial charge in [0.2, 0.25) is 0 Å². The number of H-pyrrole nitrogens is 1. The van der Waals surface area contributed by atoms with Crippen molar-refractivity contribution in [3.05, 3.63) is 43.2 Å². The number of aromatic nitrogens is 2. The number of aromatic amines is 1. The van der Waals surface area contributed by atoms with Crippen molar-refractivity contribution in [3.8, 4) is 0 Å². The van der Waals surface area contributed by atoms with E-state index < -0.39 is 19.6 Å². The molecule has 1 aliphatic rings. The summed E-state index contributed by atoms with van der Waals surface area (Å²) >= 11 is 3.15. The summed E-state index contributed by atoms with van der Waals surface area (Å²) in [5.41, 5.74) is -0.286. The van der Waals surface area contributed by atoms with Crippen LogP contribution in [0.15, 0.2) is 31.9 Å². The Labute approximate surface area is 169 Å². The molecule has 27 heavy (non-hydrogen) atoms. The van der Waals surface area contributed by atoms with E-state index in [4.69, 9.17) is 4.43 Å². The maximum atomic E-state index is 12.1. The molecule has 0 saturated heterocycles. The Balaban J connectivity index is 2.19. The fourth-order valence-corrected chi connectivity index (χ4v) is 5.94. The lowest BCUT2D eigenvalue weighted by atomic mass is 9.99. The van der Waals surface area contributed by atoms with Gasteiger partial charge in [0.1, 0.15) is 6.29 Å². The van der Waals surface area contributed by atoms with Crippen molar-refractivity contribution in [1.82, 2.24) is 9.55 Å². The number of rotatable bonds is 7. The third-order valence-electron chi connectivity index (χ3n) is 6.44. The molecule has 150 valence electrons. The molecule has 1 N–H and O–H groups in total. The molecule has 0 saturated carbocycles. The molecule has 0 spiro atoms. The third-order valence-corrected chi connectivity index (χ3v) is 11.6. The zero-order valence-electron chi connectivity index (χ0n) is 16.8. The lowest BCUT2D eigenvalue weighted by Gasteiger charge is -2.43. The van der Waals surface area contributed by atoms with Crippen LogP contribution in [0.1, 0.15) is 40.2 Å². The van der Waals surface area contributed by atoms with Crippen LogP contribution in [0.25, 0.3) is 0 Å². The van der Waals surface area contributed by atoms with Gasteiger partial charge >= 0.3 is 5.69 Å². The number of hydrogen-bond donors (Lipinski definition) is 1. The van der Waals surface area contributed by atoms with E-state index in [1.807, 2.05) is 0 Å². The molecule has 0 fully saturated rings. The number of halogens is 1. The van der Waals surface area contributed by atoms with Gasteiger partial charge in [-0.25, -0.2) is 4.79 Å². The lowest BCUT2D eigenvalue weighted by molar-refractivity contribution is -0.105. The van der Waals surface area contributed by atoms with Crippen LogP contribution in [0, 0.1) is 11.8 Å². The molecule has 1 aromatic rings. The van der Waals surface area contributed by atoms with E-state index in [1.165, 1.54) is 10.8 Å². The maximum Gasteiger partial charge on any atom is 0.328 e. The predicted molar refractivity (Wildman–Crippen MR) is 113 cm³/mol. The van der Waals surface area contributed by atoms with Crippen LogP contribution in [-0.4, -0.2) is 30.8 Å². The number of nitrogens with zero attached hydrogens (tertiary/aromatic N) is 1. The van der Waals surface area contributed by atoms with E-state index in [0.29, 0.717) is 24.5 Å². The quantitative estimate of drug-likeness (QED) is 0.501. The van der Waals surface area contributed by atoms with Crippen molar-refractivity contribution in [2.75, 3.05) is 6.61 Å². The second-order valence-corrected chi connectivity index (χ2v) is 14.1. The van der Waals surface area contributed by atoms with Crippen LogP contribution in [0.5, 0.6) is 0 Å². The molecule has 6 nitrogen and oxygen atoms in total. The van der Waals surface area contributed by atoms with E-state index in [2.05, 4.69) is 61.7 Å². The van der Waals surface area contributed by atoms with Crippen molar-refractivity contribution in [1.29, 1.82) is 0 Å². The van der Waals surface area contributed by atoms with Crippen LogP contribution in [-0.2, 0) is 9.22 Å². The first-order valence-electron chi connectivity index (χ1n) is 9.22. The van der Waals surface area contributed by atoms with Gasteiger partial charge < -0.3 is 4.43 Å². The van der Waals surface area contributed by atoms with Crippen LogP contribution in [0.2, 0.25) is 18.1 Å². The van der Waals surface area contributed by atoms with Gasteiger partial charge in [0.25, 0.3) is 5.56 Å². The predicted octanol–water partition coefficient (Wildman–Crippen LogP) is 3.64. The van der Waals surface area contributed by atoms with Crippen molar-refractivity contribution < 1.29 is 9.22 Å². The summed E-state index contributed by atoms with van der Waals surface area (Å²) in [6, 6.07) is -0.276. The van der Waals surface area contributed by atoms with Crippen molar-refractivity contribution in [2.24, 2.45) is 11.8 Å². The molecule has 1 aliphatic carbocycles. The Kier molecular flexibility index (Phi) is 6.54. The molecule has 8 heteroatoms. The van der Waals surface area contributed by atoms with Gasteiger partial charge in [0, 0.05) is 18.7 Å².